The molecule has 2 nitrogen and oxygen atoms in total. The second-order valence-corrected chi connectivity index (χ2v) is 4.48. The molecule has 0 saturated heterocycles. The number of carbonyl (C=O) groups excluding carboxylic acids is 1. The van der Waals surface area contributed by atoms with Crippen molar-refractivity contribution < 1.29 is 9.53 Å². The van der Waals surface area contributed by atoms with Crippen molar-refractivity contribution in [2.75, 3.05) is 6.61 Å². The SMILES string of the molecule is O=C1c2cc(Cl)ccc2OCC12CC2. The second kappa shape index (κ2) is 2.51. The Morgan fingerprint density at radius 1 is 1.36 bits per heavy atom. The minimum Gasteiger partial charge on any atom is -0.492 e. The maximum atomic E-state index is 12.0. The van der Waals surface area contributed by atoms with Crippen LogP contribution in [0.5, 0.6) is 5.75 Å². The third-order valence-electron chi connectivity index (χ3n) is 3.03. The molecule has 14 heavy (non-hydrogen) atoms. The number of hydrogen-bond donors (Lipinski definition) is 0. The number of ketones is 1. The lowest BCUT2D eigenvalue weighted by Crippen LogP contribution is -2.29. The van der Waals surface area contributed by atoms with E-state index >= 15 is 0 Å². The molecule has 1 aliphatic carbocycles. The lowest BCUT2D eigenvalue weighted by atomic mass is 9.92. The van der Waals surface area contributed by atoms with E-state index in [0.29, 0.717) is 22.9 Å². The summed E-state index contributed by atoms with van der Waals surface area (Å²) >= 11 is 5.85. The van der Waals surface area contributed by atoms with Crippen LogP contribution >= 0.6 is 11.6 Å². The van der Waals surface area contributed by atoms with Gasteiger partial charge in [-0.05, 0) is 31.0 Å². The summed E-state index contributed by atoms with van der Waals surface area (Å²) in [4.78, 5) is 12.0. The van der Waals surface area contributed by atoms with Gasteiger partial charge in [-0.3, -0.25) is 4.79 Å². The van der Waals surface area contributed by atoms with Gasteiger partial charge in [-0.2, -0.15) is 0 Å². The largest absolute Gasteiger partial charge is 0.492 e. The quantitative estimate of drug-likeness (QED) is 0.655. The highest BCUT2D eigenvalue weighted by Crippen LogP contribution is 2.52. The van der Waals surface area contributed by atoms with E-state index in [0.717, 1.165) is 12.8 Å². The highest BCUT2D eigenvalue weighted by molar-refractivity contribution is 6.31. The number of Topliss-reactive ketones (excluding diaryl/α,β-unsaturated/α-hetero) is 1. The first-order valence-electron chi connectivity index (χ1n) is 4.68. The Morgan fingerprint density at radius 2 is 2.14 bits per heavy atom. The first-order valence-corrected chi connectivity index (χ1v) is 5.06. The van der Waals surface area contributed by atoms with Crippen molar-refractivity contribution in [3.8, 4) is 5.75 Å². The summed E-state index contributed by atoms with van der Waals surface area (Å²) < 4.78 is 5.55. The fourth-order valence-electron chi connectivity index (χ4n) is 1.89. The third-order valence-corrected chi connectivity index (χ3v) is 3.26. The summed E-state index contributed by atoms with van der Waals surface area (Å²) in [5.41, 5.74) is 0.457. The molecule has 0 unspecified atom stereocenters. The Morgan fingerprint density at radius 3 is 2.86 bits per heavy atom. The maximum Gasteiger partial charge on any atom is 0.176 e. The molecule has 2 aliphatic rings. The van der Waals surface area contributed by atoms with Crippen LogP contribution < -0.4 is 4.74 Å². The predicted molar refractivity (Wildman–Crippen MR) is 52.9 cm³/mol. The van der Waals surface area contributed by atoms with Gasteiger partial charge in [0.05, 0.1) is 11.0 Å². The Labute approximate surface area is 86.8 Å². The topological polar surface area (TPSA) is 26.3 Å². The summed E-state index contributed by atoms with van der Waals surface area (Å²) in [6, 6.07) is 5.22. The zero-order chi connectivity index (χ0) is 9.76. The minimum absolute atomic E-state index is 0.197. The summed E-state index contributed by atoms with van der Waals surface area (Å²) in [5, 5.41) is 0.596. The van der Waals surface area contributed by atoms with Gasteiger partial charge >= 0.3 is 0 Å². The molecular formula is C11H9ClO2. The first kappa shape index (κ1) is 8.30. The molecule has 72 valence electrons. The van der Waals surface area contributed by atoms with Crippen molar-refractivity contribution in [2.24, 2.45) is 5.41 Å². The van der Waals surface area contributed by atoms with Crippen molar-refractivity contribution in [2.45, 2.75) is 12.8 Å². The van der Waals surface area contributed by atoms with Crippen molar-refractivity contribution in [1.82, 2.24) is 0 Å². The highest BCUT2D eigenvalue weighted by Gasteiger charge is 2.53. The summed E-state index contributed by atoms with van der Waals surface area (Å²) in [7, 11) is 0. The molecule has 3 heteroatoms. The standard InChI is InChI=1S/C11H9ClO2/c12-7-1-2-9-8(5-7)10(13)11(3-4-11)6-14-9/h1-2,5H,3-4,6H2. The van der Waals surface area contributed by atoms with Crippen molar-refractivity contribution in [3.63, 3.8) is 0 Å². The number of ether oxygens (including phenoxy) is 1. The predicted octanol–water partition coefficient (Wildman–Crippen LogP) is 2.70. The summed E-state index contributed by atoms with van der Waals surface area (Å²) in [5.74, 6) is 0.887. The lowest BCUT2D eigenvalue weighted by Gasteiger charge is -2.23. The zero-order valence-electron chi connectivity index (χ0n) is 7.55. The van der Waals surface area contributed by atoms with Crippen LogP contribution in [0.15, 0.2) is 18.2 Å². The fraction of sp³-hybridized carbons (Fsp3) is 0.364. The first-order chi connectivity index (χ1) is 6.71. The lowest BCUT2D eigenvalue weighted by molar-refractivity contribution is 0.0798. The molecule has 0 bridgehead atoms. The van der Waals surface area contributed by atoms with Gasteiger partial charge in [0.2, 0.25) is 0 Å². The molecular weight excluding hydrogens is 200 g/mol. The number of benzene rings is 1. The van der Waals surface area contributed by atoms with E-state index < -0.39 is 0 Å². The van der Waals surface area contributed by atoms with E-state index in [-0.39, 0.29) is 11.2 Å². The normalized spacial score (nSPS) is 21.6. The van der Waals surface area contributed by atoms with Gasteiger partial charge in [-0.15, -0.1) is 0 Å². The van der Waals surface area contributed by atoms with Crippen LogP contribution in [0, 0.1) is 5.41 Å². The summed E-state index contributed by atoms with van der Waals surface area (Å²) in [6.45, 7) is 0.542. The maximum absolute atomic E-state index is 12.0. The van der Waals surface area contributed by atoms with Crippen LogP contribution in [0.4, 0.5) is 0 Å². The van der Waals surface area contributed by atoms with Crippen LogP contribution in [0.25, 0.3) is 0 Å². The van der Waals surface area contributed by atoms with Gasteiger partial charge in [0, 0.05) is 5.02 Å². The fourth-order valence-corrected chi connectivity index (χ4v) is 2.07. The summed E-state index contributed by atoms with van der Waals surface area (Å²) in [6.07, 6.45) is 1.91. The Balaban J connectivity index is 2.13. The third kappa shape index (κ3) is 1.01. The Hall–Kier alpha value is -1.02. The van der Waals surface area contributed by atoms with Gasteiger partial charge in [-0.1, -0.05) is 11.6 Å². The van der Waals surface area contributed by atoms with Gasteiger partial charge < -0.3 is 4.74 Å². The average molecular weight is 209 g/mol. The molecule has 1 aromatic carbocycles. The smallest absolute Gasteiger partial charge is 0.176 e. The Bertz CT molecular complexity index is 421. The molecule has 1 heterocycles. The molecule has 1 saturated carbocycles. The van der Waals surface area contributed by atoms with E-state index in [1.807, 2.05) is 0 Å². The molecule has 1 spiro atoms. The van der Waals surface area contributed by atoms with Crippen molar-refractivity contribution >= 4 is 17.4 Å². The van der Waals surface area contributed by atoms with Crippen LogP contribution in [-0.2, 0) is 0 Å². The number of carbonyl (C=O) groups is 1. The van der Waals surface area contributed by atoms with Crippen LogP contribution in [-0.4, -0.2) is 12.4 Å². The minimum atomic E-state index is -0.197. The molecule has 0 N–H and O–H groups in total. The molecule has 0 atom stereocenters. The van der Waals surface area contributed by atoms with E-state index in [1.165, 1.54) is 0 Å². The van der Waals surface area contributed by atoms with Gasteiger partial charge in [0.15, 0.2) is 5.78 Å². The van der Waals surface area contributed by atoms with Gasteiger partial charge in [0.1, 0.15) is 12.4 Å². The van der Waals surface area contributed by atoms with Crippen LogP contribution in [0.3, 0.4) is 0 Å². The van der Waals surface area contributed by atoms with Crippen LogP contribution in [0.1, 0.15) is 23.2 Å². The molecule has 3 rings (SSSR count). The number of rotatable bonds is 0. The number of hydrogen-bond acceptors (Lipinski definition) is 2. The van der Waals surface area contributed by atoms with E-state index in [2.05, 4.69) is 0 Å². The Kier molecular flexibility index (Phi) is 1.49. The number of halogens is 1. The molecule has 1 aromatic rings. The highest BCUT2D eigenvalue weighted by atomic mass is 35.5. The van der Waals surface area contributed by atoms with Gasteiger partial charge in [0.25, 0.3) is 0 Å². The monoisotopic (exact) mass is 208 g/mol. The second-order valence-electron chi connectivity index (χ2n) is 4.04. The van der Waals surface area contributed by atoms with E-state index in [1.54, 1.807) is 18.2 Å². The molecule has 1 aliphatic heterocycles. The van der Waals surface area contributed by atoms with Gasteiger partial charge in [-0.25, -0.2) is 0 Å². The van der Waals surface area contributed by atoms with E-state index in [4.69, 9.17) is 16.3 Å². The number of fused-ring (bicyclic) bond motifs is 1. The zero-order valence-corrected chi connectivity index (χ0v) is 8.30. The average Bonchev–Trinajstić information content (AvgIpc) is 2.94. The molecule has 1 fully saturated rings. The van der Waals surface area contributed by atoms with Crippen LogP contribution in [0.2, 0.25) is 5.02 Å². The molecule has 0 radical (unpaired) electrons. The molecule has 0 aromatic heterocycles. The van der Waals surface area contributed by atoms with Crippen molar-refractivity contribution in [1.29, 1.82) is 0 Å². The molecule has 0 amide bonds. The van der Waals surface area contributed by atoms with E-state index in [9.17, 15) is 4.79 Å². The van der Waals surface area contributed by atoms with Crippen molar-refractivity contribution in [3.05, 3.63) is 28.8 Å².